The van der Waals surface area contributed by atoms with E-state index in [1.54, 1.807) is 12.4 Å². The Kier molecular flexibility index (Phi) is 6.21. The van der Waals surface area contributed by atoms with Gasteiger partial charge in [-0.3, -0.25) is 4.98 Å². The molecule has 0 unspecified atom stereocenters. The van der Waals surface area contributed by atoms with Crippen LogP contribution >= 0.6 is 0 Å². The van der Waals surface area contributed by atoms with Crippen LogP contribution in [0, 0.1) is 18.8 Å². The van der Waals surface area contributed by atoms with E-state index in [-0.39, 0.29) is 21.1 Å². The fraction of sp³-hybridized carbons (Fsp3) is 0. The average molecular weight is 749 g/mol. The zero-order chi connectivity index (χ0) is 28.3. The third kappa shape index (κ3) is 4.08. The van der Waals surface area contributed by atoms with Crippen LogP contribution < -0.4 is 9.64 Å². The molecule has 1 aliphatic rings. The van der Waals surface area contributed by atoms with Crippen LogP contribution in [0.3, 0.4) is 0 Å². The number of hydrogen-bond donors (Lipinski definition) is 0. The summed E-state index contributed by atoms with van der Waals surface area (Å²) in [6.07, 6.45) is 3.59. The van der Waals surface area contributed by atoms with E-state index in [0.29, 0.717) is 11.5 Å². The molecule has 0 radical (unpaired) electrons. The van der Waals surface area contributed by atoms with Crippen LogP contribution in [0.1, 0.15) is 0 Å². The fourth-order valence-corrected chi connectivity index (χ4v) is 5.87. The summed E-state index contributed by atoms with van der Waals surface area (Å²) < 4.78 is 10.6. The van der Waals surface area contributed by atoms with Crippen molar-refractivity contribution in [2.75, 3.05) is 4.90 Å². The number of anilines is 2. The summed E-state index contributed by atoms with van der Waals surface area (Å²) in [4.78, 5) is 16.3. The van der Waals surface area contributed by atoms with Crippen LogP contribution in [0.25, 0.3) is 50.2 Å². The molecule has 0 amide bonds. The molecular weight excluding hydrogens is 728 g/mol. The van der Waals surface area contributed by atoms with Gasteiger partial charge in [0.1, 0.15) is 5.82 Å². The van der Waals surface area contributed by atoms with Crippen LogP contribution in [-0.2, 0) is 21.1 Å². The van der Waals surface area contributed by atoms with Gasteiger partial charge in [0.25, 0.3) is 0 Å². The predicted molar refractivity (Wildman–Crippen MR) is 168 cm³/mol. The molecule has 0 saturated carbocycles. The summed E-state index contributed by atoms with van der Waals surface area (Å²) in [5.41, 5.74) is 7.63. The first-order valence-corrected chi connectivity index (χ1v) is 14.0. The standard InChI is InChI=1S/C36H21N6O.Pt/c1-3-13-30-28(11-1)36-39-29-12-2-4-14-31(29)41(36)23-40(30)24-9-7-10-25(21-24)43-26-17-18-27-33(22-26)42(34-16-5-6-19-37-34)32-15-8-20-38-35(27)32;/h1-20,23H;/q-3;. The average Bonchev–Trinajstić information content (AvgIpc) is 3.60. The first-order chi connectivity index (χ1) is 21.3. The second-order valence-electron chi connectivity index (χ2n) is 10.3. The van der Waals surface area contributed by atoms with Crippen molar-refractivity contribution in [3.63, 3.8) is 0 Å². The molecule has 9 rings (SSSR count). The van der Waals surface area contributed by atoms with Gasteiger partial charge in [-0.15, -0.1) is 30.3 Å². The predicted octanol–water partition coefficient (Wildman–Crippen LogP) is 8.10. The van der Waals surface area contributed by atoms with Gasteiger partial charge in [0, 0.05) is 67.5 Å². The molecule has 0 N–H and O–H groups in total. The van der Waals surface area contributed by atoms with E-state index in [4.69, 9.17) is 9.72 Å². The Labute approximate surface area is 267 Å². The Morgan fingerprint density at radius 2 is 1.50 bits per heavy atom. The van der Waals surface area contributed by atoms with E-state index < -0.39 is 0 Å². The fourth-order valence-electron chi connectivity index (χ4n) is 5.87. The monoisotopic (exact) mass is 748 g/mol. The number of hydrogen-bond acceptors (Lipinski definition) is 5. The minimum atomic E-state index is 0. The maximum Gasteiger partial charge on any atom is 0.135 e. The summed E-state index contributed by atoms with van der Waals surface area (Å²) in [7, 11) is 0. The molecular formula is C36H21N6OPt-3. The van der Waals surface area contributed by atoms with E-state index in [2.05, 4.69) is 61.0 Å². The van der Waals surface area contributed by atoms with Crippen molar-refractivity contribution < 1.29 is 25.8 Å². The molecule has 214 valence electrons. The van der Waals surface area contributed by atoms with Gasteiger partial charge in [0.05, 0.1) is 5.52 Å². The summed E-state index contributed by atoms with van der Waals surface area (Å²) in [6, 6.07) is 43.1. The van der Waals surface area contributed by atoms with Crippen LogP contribution in [0.5, 0.6) is 11.5 Å². The molecule has 0 aliphatic carbocycles. The van der Waals surface area contributed by atoms with Crippen LogP contribution in [0.4, 0.5) is 11.4 Å². The van der Waals surface area contributed by atoms with Crippen molar-refractivity contribution in [1.82, 2.24) is 24.1 Å². The molecule has 0 spiro atoms. The van der Waals surface area contributed by atoms with Crippen molar-refractivity contribution in [2.24, 2.45) is 0 Å². The summed E-state index contributed by atoms with van der Waals surface area (Å²) in [5, 5.41) is 0.981. The molecule has 0 bridgehead atoms. The Bertz CT molecular complexity index is 2330. The molecule has 4 aromatic heterocycles. The van der Waals surface area contributed by atoms with Gasteiger partial charge in [-0.1, -0.05) is 59.1 Å². The van der Waals surface area contributed by atoms with E-state index in [1.807, 2.05) is 91.0 Å². The molecule has 0 atom stereocenters. The zero-order valence-electron chi connectivity index (χ0n) is 23.0. The third-order valence-electron chi connectivity index (χ3n) is 7.75. The first kappa shape index (κ1) is 26.3. The van der Waals surface area contributed by atoms with Gasteiger partial charge in [-0.2, -0.15) is 12.1 Å². The van der Waals surface area contributed by atoms with Crippen molar-refractivity contribution in [3.8, 4) is 28.7 Å². The zero-order valence-corrected chi connectivity index (χ0v) is 25.3. The summed E-state index contributed by atoms with van der Waals surface area (Å²) >= 11 is 0. The number of pyridine rings is 2. The number of aromatic nitrogens is 5. The van der Waals surface area contributed by atoms with E-state index >= 15 is 0 Å². The summed E-state index contributed by atoms with van der Waals surface area (Å²) in [5.74, 6) is 2.87. The van der Waals surface area contributed by atoms with Gasteiger partial charge in [0.15, 0.2) is 0 Å². The normalized spacial score (nSPS) is 12.0. The molecule has 4 aromatic carbocycles. The van der Waals surface area contributed by atoms with Gasteiger partial charge in [-0.05, 0) is 54.1 Å². The second kappa shape index (κ2) is 10.4. The quantitative estimate of drug-likeness (QED) is 0.170. The number of nitrogens with zero attached hydrogens (tertiary/aromatic N) is 6. The number of para-hydroxylation sites is 3. The Balaban J connectivity index is 0.00000289. The van der Waals surface area contributed by atoms with Crippen LogP contribution in [-0.4, -0.2) is 24.1 Å². The number of rotatable bonds is 4. The van der Waals surface area contributed by atoms with Crippen LogP contribution in [0.2, 0.25) is 0 Å². The van der Waals surface area contributed by atoms with Crippen molar-refractivity contribution >= 4 is 44.3 Å². The SMILES string of the molecule is [Pt].[c-]1c(Oc2[c-]c3c(cc2)c2ncccc2n3-c2ccccn2)cccc1N1[CH-]n2c(nc3ccccc32)-c2ccccc21. The van der Waals surface area contributed by atoms with Crippen LogP contribution in [0.15, 0.2) is 122 Å². The molecule has 7 nitrogen and oxygen atoms in total. The number of imidazole rings is 1. The van der Waals surface area contributed by atoms with Gasteiger partial charge in [0.2, 0.25) is 0 Å². The van der Waals surface area contributed by atoms with Gasteiger partial charge in [-0.25, -0.2) is 4.98 Å². The van der Waals surface area contributed by atoms with Crippen molar-refractivity contribution in [2.45, 2.75) is 0 Å². The largest absolute Gasteiger partial charge is 0.509 e. The Morgan fingerprint density at radius 3 is 2.43 bits per heavy atom. The topological polar surface area (TPSA) is 61.0 Å². The number of ether oxygens (including phenoxy) is 1. The molecule has 8 aromatic rings. The smallest absolute Gasteiger partial charge is 0.135 e. The van der Waals surface area contributed by atoms with Gasteiger partial charge >= 0.3 is 0 Å². The molecule has 0 fully saturated rings. The van der Waals surface area contributed by atoms with E-state index in [1.165, 1.54) is 0 Å². The van der Waals surface area contributed by atoms with Gasteiger partial charge < -0.3 is 23.8 Å². The maximum atomic E-state index is 6.39. The van der Waals surface area contributed by atoms with Crippen molar-refractivity contribution in [3.05, 3.63) is 140 Å². The molecule has 1 aliphatic heterocycles. The number of fused-ring (bicyclic) bond motifs is 8. The maximum absolute atomic E-state index is 6.39. The second-order valence-corrected chi connectivity index (χ2v) is 10.3. The number of benzene rings is 4. The first-order valence-electron chi connectivity index (χ1n) is 14.0. The molecule has 8 heteroatoms. The van der Waals surface area contributed by atoms with E-state index in [0.717, 1.165) is 61.6 Å². The Morgan fingerprint density at radius 1 is 0.682 bits per heavy atom. The van der Waals surface area contributed by atoms with Crippen molar-refractivity contribution in [1.29, 1.82) is 0 Å². The third-order valence-corrected chi connectivity index (χ3v) is 7.75. The summed E-state index contributed by atoms with van der Waals surface area (Å²) in [6.45, 7) is 2.07. The molecule has 44 heavy (non-hydrogen) atoms. The van der Waals surface area contributed by atoms with E-state index in [9.17, 15) is 0 Å². The molecule has 5 heterocycles. The minimum absolute atomic E-state index is 0. The molecule has 0 saturated heterocycles. The minimum Gasteiger partial charge on any atom is -0.509 e. The Hall–Kier alpha value is -5.39.